The molecule has 1 rings (SSSR count). The largest absolute Gasteiger partial charge is 0.573 e. The first kappa shape index (κ1) is 16.1. The molecule has 0 aromatic heterocycles. The van der Waals surface area contributed by atoms with Gasteiger partial charge in [0.25, 0.3) is 0 Å². The Kier molecular flexibility index (Phi) is 4.86. The van der Waals surface area contributed by atoms with Crippen LogP contribution in [0.25, 0.3) is 0 Å². The van der Waals surface area contributed by atoms with Crippen molar-refractivity contribution >= 4 is 11.7 Å². The molecule has 0 bridgehead atoms. The minimum absolute atomic E-state index is 0.0580. The van der Waals surface area contributed by atoms with Gasteiger partial charge in [0, 0.05) is 5.69 Å². The van der Waals surface area contributed by atoms with Crippen molar-refractivity contribution in [1.29, 1.82) is 0 Å². The predicted octanol–water partition coefficient (Wildman–Crippen LogP) is 3.38. The minimum atomic E-state index is -4.83. The molecule has 1 atom stereocenters. The predicted molar refractivity (Wildman–Crippen MR) is 67.4 cm³/mol. The van der Waals surface area contributed by atoms with Gasteiger partial charge in [0.1, 0.15) is 5.75 Å². The summed E-state index contributed by atoms with van der Waals surface area (Å²) in [5.74, 6) is -2.51. The fourth-order valence-corrected chi connectivity index (χ4v) is 1.88. The molecule has 7 heteroatoms. The second-order valence-corrected chi connectivity index (χ2v) is 4.86. The Morgan fingerprint density at radius 1 is 1.40 bits per heavy atom. The van der Waals surface area contributed by atoms with E-state index in [1.165, 1.54) is 6.07 Å². The van der Waals surface area contributed by atoms with Gasteiger partial charge < -0.3 is 15.6 Å². The molecular weight excluding hydrogens is 275 g/mol. The number of hydrogen-bond donors (Lipinski definition) is 2. The van der Waals surface area contributed by atoms with Gasteiger partial charge in [0.2, 0.25) is 0 Å². The Labute approximate surface area is 114 Å². The number of nitrogens with two attached hydrogens (primary N) is 1. The van der Waals surface area contributed by atoms with Gasteiger partial charge in [0.15, 0.2) is 0 Å². The number of rotatable bonds is 5. The van der Waals surface area contributed by atoms with Crippen molar-refractivity contribution in [2.24, 2.45) is 5.92 Å². The molecular formula is C13H16F3NO3. The zero-order valence-electron chi connectivity index (χ0n) is 11.1. The van der Waals surface area contributed by atoms with E-state index in [1.807, 2.05) is 13.8 Å². The SMILES string of the molecule is CC(C)CC(C(=O)O)c1cc(OC(F)(F)F)ccc1N. The number of anilines is 1. The number of hydrogen-bond acceptors (Lipinski definition) is 3. The van der Waals surface area contributed by atoms with Gasteiger partial charge in [0.05, 0.1) is 5.92 Å². The summed E-state index contributed by atoms with van der Waals surface area (Å²) in [4.78, 5) is 11.3. The summed E-state index contributed by atoms with van der Waals surface area (Å²) in [7, 11) is 0. The average Bonchev–Trinajstić information content (AvgIpc) is 2.26. The number of aliphatic carboxylic acids is 1. The van der Waals surface area contributed by atoms with E-state index in [9.17, 15) is 23.1 Å². The topological polar surface area (TPSA) is 72.5 Å². The zero-order valence-corrected chi connectivity index (χ0v) is 11.1. The zero-order chi connectivity index (χ0) is 15.5. The van der Waals surface area contributed by atoms with Crippen LogP contribution in [0.15, 0.2) is 18.2 Å². The number of alkyl halides is 3. The molecule has 0 fully saturated rings. The fourth-order valence-electron chi connectivity index (χ4n) is 1.88. The molecule has 0 radical (unpaired) electrons. The number of halogens is 3. The van der Waals surface area contributed by atoms with Crippen molar-refractivity contribution in [3.8, 4) is 5.75 Å². The highest BCUT2D eigenvalue weighted by atomic mass is 19.4. The molecule has 3 N–H and O–H groups in total. The normalized spacial score (nSPS) is 13.3. The third kappa shape index (κ3) is 4.64. The lowest BCUT2D eigenvalue weighted by Gasteiger charge is -2.18. The van der Waals surface area contributed by atoms with Crippen LogP contribution < -0.4 is 10.5 Å². The molecule has 1 aromatic carbocycles. The second-order valence-electron chi connectivity index (χ2n) is 4.86. The Balaban J connectivity index is 3.14. The quantitative estimate of drug-likeness (QED) is 0.816. The van der Waals surface area contributed by atoms with Crippen molar-refractivity contribution in [2.75, 3.05) is 5.73 Å². The maximum atomic E-state index is 12.2. The number of nitrogen functional groups attached to an aromatic ring is 1. The highest BCUT2D eigenvalue weighted by Crippen LogP contribution is 2.33. The number of ether oxygens (including phenoxy) is 1. The summed E-state index contributed by atoms with van der Waals surface area (Å²) in [6.45, 7) is 3.64. The highest BCUT2D eigenvalue weighted by Gasteiger charge is 2.32. The number of carboxylic acids is 1. The smallest absolute Gasteiger partial charge is 0.481 e. The first-order valence-corrected chi connectivity index (χ1v) is 5.98. The molecule has 1 unspecified atom stereocenters. The molecule has 0 aliphatic heterocycles. The Morgan fingerprint density at radius 2 is 2.00 bits per heavy atom. The van der Waals surface area contributed by atoms with Crippen LogP contribution in [-0.4, -0.2) is 17.4 Å². The fraction of sp³-hybridized carbons (Fsp3) is 0.462. The van der Waals surface area contributed by atoms with Gasteiger partial charge in [-0.15, -0.1) is 13.2 Å². The maximum Gasteiger partial charge on any atom is 0.573 e. The first-order valence-electron chi connectivity index (χ1n) is 5.98. The summed E-state index contributed by atoms with van der Waals surface area (Å²) in [5.41, 5.74) is 5.93. The van der Waals surface area contributed by atoms with Crippen LogP contribution in [0.1, 0.15) is 31.7 Å². The van der Waals surface area contributed by atoms with Crippen molar-refractivity contribution in [1.82, 2.24) is 0 Å². The molecule has 112 valence electrons. The van der Waals surface area contributed by atoms with Crippen LogP contribution in [0, 0.1) is 5.92 Å². The standard InChI is InChI=1S/C13H16F3NO3/c1-7(2)5-10(12(18)19)9-6-8(3-4-11(9)17)20-13(14,15)16/h3-4,6-7,10H,5,17H2,1-2H3,(H,18,19). The summed E-state index contributed by atoms with van der Waals surface area (Å²) < 4.78 is 40.3. The van der Waals surface area contributed by atoms with Gasteiger partial charge >= 0.3 is 12.3 Å². The molecule has 0 amide bonds. The molecule has 1 aromatic rings. The third-order valence-corrected chi connectivity index (χ3v) is 2.67. The number of carboxylic acid groups (broad SMARTS) is 1. The third-order valence-electron chi connectivity index (χ3n) is 2.67. The lowest BCUT2D eigenvalue weighted by Crippen LogP contribution is -2.19. The summed E-state index contributed by atoms with van der Waals surface area (Å²) >= 11 is 0. The van der Waals surface area contributed by atoms with E-state index in [0.29, 0.717) is 0 Å². The van der Waals surface area contributed by atoms with E-state index >= 15 is 0 Å². The van der Waals surface area contributed by atoms with E-state index in [4.69, 9.17) is 5.73 Å². The Bertz CT molecular complexity index is 486. The minimum Gasteiger partial charge on any atom is -0.481 e. The second kappa shape index (κ2) is 6.02. The lowest BCUT2D eigenvalue weighted by molar-refractivity contribution is -0.274. The summed E-state index contributed by atoms with van der Waals surface area (Å²) in [6.07, 6.45) is -4.56. The van der Waals surface area contributed by atoms with Crippen LogP contribution >= 0.6 is 0 Å². The van der Waals surface area contributed by atoms with Gasteiger partial charge in [-0.05, 0) is 36.1 Å². The maximum absolute atomic E-state index is 12.2. The van der Waals surface area contributed by atoms with Crippen molar-refractivity contribution in [2.45, 2.75) is 32.5 Å². The van der Waals surface area contributed by atoms with E-state index < -0.39 is 24.0 Å². The van der Waals surface area contributed by atoms with Gasteiger partial charge in [-0.25, -0.2) is 0 Å². The molecule has 4 nitrogen and oxygen atoms in total. The molecule has 0 saturated heterocycles. The average molecular weight is 291 g/mol. The lowest BCUT2D eigenvalue weighted by atomic mass is 9.89. The molecule has 0 aliphatic rings. The van der Waals surface area contributed by atoms with Crippen LogP contribution in [0.4, 0.5) is 18.9 Å². The van der Waals surface area contributed by atoms with E-state index in [2.05, 4.69) is 4.74 Å². The van der Waals surface area contributed by atoms with Crippen LogP contribution in [0.5, 0.6) is 5.75 Å². The monoisotopic (exact) mass is 291 g/mol. The van der Waals surface area contributed by atoms with Crippen LogP contribution in [0.3, 0.4) is 0 Å². The van der Waals surface area contributed by atoms with E-state index in [1.54, 1.807) is 0 Å². The van der Waals surface area contributed by atoms with Gasteiger partial charge in [-0.2, -0.15) is 0 Å². The van der Waals surface area contributed by atoms with E-state index in [-0.39, 0.29) is 23.6 Å². The van der Waals surface area contributed by atoms with Crippen molar-refractivity contribution in [3.05, 3.63) is 23.8 Å². The molecule has 20 heavy (non-hydrogen) atoms. The van der Waals surface area contributed by atoms with Crippen LogP contribution in [0.2, 0.25) is 0 Å². The molecule has 0 aliphatic carbocycles. The van der Waals surface area contributed by atoms with Crippen molar-refractivity contribution < 1.29 is 27.8 Å². The van der Waals surface area contributed by atoms with E-state index in [0.717, 1.165) is 12.1 Å². The van der Waals surface area contributed by atoms with Crippen LogP contribution in [-0.2, 0) is 4.79 Å². The van der Waals surface area contributed by atoms with Crippen molar-refractivity contribution in [3.63, 3.8) is 0 Å². The highest BCUT2D eigenvalue weighted by molar-refractivity contribution is 5.79. The molecule has 0 spiro atoms. The number of benzene rings is 1. The van der Waals surface area contributed by atoms with Gasteiger partial charge in [-0.3, -0.25) is 4.79 Å². The molecule has 0 heterocycles. The van der Waals surface area contributed by atoms with Gasteiger partial charge in [-0.1, -0.05) is 13.8 Å². The first-order chi connectivity index (χ1) is 9.10. The molecule has 0 saturated carbocycles. The number of carbonyl (C=O) groups is 1. The summed E-state index contributed by atoms with van der Waals surface area (Å²) in [5, 5.41) is 9.20. The summed E-state index contributed by atoms with van der Waals surface area (Å²) in [6, 6.07) is 3.30. The Morgan fingerprint density at radius 3 is 2.45 bits per heavy atom. The Hall–Kier alpha value is -1.92.